The second-order valence-corrected chi connectivity index (χ2v) is 5.73. The first-order valence-corrected chi connectivity index (χ1v) is 7.54. The lowest BCUT2D eigenvalue weighted by Gasteiger charge is -2.26. The minimum atomic E-state index is -0.254. The Bertz CT molecular complexity index is 417. The molecule has 0 bridgehead atoms. The van der Waals surface area contributed by atoms with E-state index in [0.29, 0.717) is 18.8 Å². The molecular weight excluding hydrogens is 255 g/mol. The zero-order chi connectivity index (χ0) is 14.4. The maximum absolute atomic E-state index is 13.5. The Hall–Kier alpha value is -1.13. The van der Waals surface area contributed by atoms with Crippen molar-refractivity contribution in [3.05, 3.63) is 29.6 Å². The maximum atomic E-state index is 13.5. The molecule has 0 saturated carbocycles. The van der Waals surface area contributed by atoms with E-state index in [1.54, 1.807) is 0 Å². The van der Waals surface area contributed by atoms with Gasteiger partial charge in [0.15, 0.2) is 0 Å². The van der Waals surface area contributed by atoms with E-state index in [0.717, 1.165) is 25.2 Å². The summed E-state index contributed by atoms with van der Waals surface area (Å²) in [5, 5.41) is 0. The van der Waals surface area contributed by atoms with Gasteiger partial charge in [0, 0.05) is 18.7 Å². The van der Waals surface area contributed by atoms with Crippen molar-refractivity contribution in [2.75, 3.05) is 26.2 Å². The number of hydrogen-bond acceptors (Lipinski definition) is 3. The average molecular weight is 280 g/mol. The normalized spacial score (nSPS) is 17.9. The van der Waals surface area contributed by atoms with Gasteiger partial charge in [0.05, 0.1) is 0 Å². The van der Waals surface area contributed by atoms with Gasteiger partial charge in [-0.1, -0.05) is 6.42 Å². The van der Waals surface area contributed by atoms with Crippen LogP contribution in [0, 0.1) is 5.82 Å². The van der Waals surface area contributed by atoms with Crippen LogP contribution in [-0.2, 0) is 6.42 Å². The lowest BCUT2D eigenvalue weighted by atomic mass is 10.1. The van der Waals surface area contributed by atoms with Crippen LogP contribution in [0.3, 0.4) is 0 Å². The molecule has 0 aliphatic carbocycles. The van der Waals surface area contributed by atoms with Gasteiger partial charge >= 0.3 is 0 Å². The highest BCUT2D eigenvalue weighted by molar-refractivity contribution is 5.30. The summed E-state index contributed by atoms with van der Waals surface area (Å²) >= 11 is 0. The van der Waals surface area contributed by atoms with Crippen LogP contribution in [0.15, 0.2) is 18.2 Å². The van der Waals surface area contributed by atoms with Crippen LogP contribution in [0.4, 0.5) is 4.39 Å². The van der Waals surface area contributed by atoms with Gasteiger partial charge in [-0.25, -0.2) is 4.39 Å². The minimum Gasteiger partial charge on any atom is -0.492 e. The number of ether oxygens (including phenoxy) is 1. The molecule has 1 saturated heterocycles. The molecule has 1 aliphatic heterocycles. The smallest absolute Gasteiger partial charge is 0.127 e. The first kappa shape index (κ1) is 15.3. The summed E-state index contributed by atoms with van der Waals surface area (Å²) in [7, 11) is 0. The molecule has 112 valence electrons. The molecular formula is C16H25FN2O. The minimum absolute atomic E-state index is 0.0259. The highest BCUT2D eigenvalue weighted by atomic mass is 19.1. The van der Waals surface area contributed by atoms with E-state index >= 15 is 0 Å². The number of hydrogen-bond donors (Lipinski definition) is 1. The number of halogens is 1. The molecule has 1 unspecified atom stereocenters. The summed E-state index contributed by atoms with van der Waals surface area (Å²) in [5.74, 6) is 0.355. The van der Waals surface area contributed by atoms with Gasteiger partial charge in [-0.2, -0.15) is 0 Å². The maximum Gasteiger partial charge on any atom is 0.127 e. The highest BCUT2D eigenvalue weighted by Crippen LogP contribution is 2.18. The van der Waals surface area contributed by atoms with Gasteiger partial charge in [0.2, 0.25) is 0 Å². The standard InChI is InChI=1S/C16H25FN2O/c1-13(18)9-14-10-15(17)12-16(11-14)20-8-7-19-5-3-2-4-6-19/h10-13H,2-9,18H2,1H3. The van der Waals surface area contributed by atoms with Crippen molar-refractivity contribution in [2.45, 2.75) is 38.6 Å². The molecule has 3 nitrogen and oxygen atoms in total. The van der Waals surface area contributed by atoms with Crippen LogP contribution in [0.5, 0.6) is 5.75 Å². The topological polar surface area (TPSA) is 38.5 Å². The molecule has 1 aromatic rings. The van der Waals surface area contributed by atoms with Gasteiger partial charge in [-0.3, -0.25) is 4.90 Å². The second kappa shape index (κ2) is 7.60. The zero-order valence-electron chi connectivity index (χ0n) is 12.3. The van der Waals surface area contributed by atoms with Gasteiger partial charge in [0.25, 0.3) is 0 Å². The molecule has 1 fully saturated rings. The van der Waals surface area contributed by atoms with Crippen LogP contribution in [-0.4, -0.2) is 37.2 Å². The number of benzene rings is 1. The van der Waals surface area contributed by atoms with Gasteiger partial charge in [-0.05, 0) is 57.0 Å². The molecule has 20 heavy (non-hydrogen) atoms. The van der Waals surface area contributed by atoms with Gasteiger partial charge < -0.3 is 10.5 Å². The van der Waals surface area contributed by atoms with E-state index < -0.39 is 0 Å². The lowest BCUT2D eigenvalue weighted by molar-refractivity contribution is 0.183. The quantitative estimate of drug-likeness (QED) is 0.870. The Balaban J connectivity index is 1.83. The predicted molar refractivity (Wildman–Crippen MR) is 79.5 cm³/mol. The molecule has 1 aromatic carbocycles. The Kier molecular flexibility index (Phi) is 5.80. The van der Waals surface area contributed by atoms with Gasteiger partial charge in [-0.15, -0.1) is 0 Å². The fraction of sp³-hybridized carbons (Fsp3) is 0.625. The molecule has 0 radical (unpaired) electrons. The van der Waals surface area contributed by atoms with Crippen LogP contribution in [0.25, 0.3) is 0 Å². The van der Waals surface area contributed by atoms with Crippen molar-refractivity contribution in [1.29, 1.82) is 0 Å². The van der Waals surface area contributed by atoms with Crippen molar-refractivity contribution >= 4 is 0 Å². The molecule has 0 spiro atoms. The van der Waals surface area contributed by atoms with Crippen LogP contribution >= 0.6 is 0 Å². The summed E-state index contributed by atoms with van der Waals surface area (Å²) in [6, 6.07) is 4.89. The molecule has 2 N–H and O–H groups in total. The average Bonchev–Trinajstić information content (AvgIpc) is 2.38. The number of nitrogens with zero attached hydrogens (tertiary/aromatic N) is 1. The summed E-state index contributed by atoms with van der Waals surface area (Å²) in [6.45, 7) is 5.76. The van der Waals surface area contributed by atoms with Crippen molar-refractivity contribution in [3.63, 3.8) is 0 Å². The zero-order valence-corrected chi connectivity index (χ0v) is 12.3. The molecule has 0 aromatic heterocycles. The number of nitrogens with two attached hydrogens (primary N) is 1. The van der Waals surface area contributed by atoms with Crippen molar-refractivity contribution in [3.8, 4) is 5.75 Å². The highest BCUT2D eigenvalue weighted by Gasteiger charge is 2.10. The van der Waals surface area contributed by atoms with E-state index in [4.69, 9.17) is 10.5 Å². The third kappa shape index (κ3) is 5.10. The Morgan fingerprint density at radius 2 is 2.00 bits per heavy atom. The number of likely N-dealkylation sites (tertiary alicyclic amines) is 1. The fourth-order valence-electron chi connectivity index (χ4n) is 2.67. The molecule has 2 rings (SSSR count). The van der Waals surface area contributed by atoms with E-state index in [1.165, 1.54) is 31.4 Å². The van der Waals surface area contributed by atoms with Crippen molar-refractivity contribution in [2.24, 2.45) is 5.73 Å². The van der Waals surface area contributed by atoms with Gasteiger partial charge in [0.1, 0.15) is 18.2 Å². The van der Waals surface area contributed by atoms with Crippen molar-refractivity contribution in [1.82, 2.24) is 4.90 Å². The molecule has 1 heterocycles. The third-order valence-corrected chi connectivity index (χ3v) is 3.61. The lowest BCUT2D eigenvalue weighted by Crippen LogP contribution is -2.33. The Morgan fingerprint density at radius 1 is 1.25 bits per heavy atom. The summed E-state index contributed by atoms with van der Waals surface area (Å²) < 4.78 is 19.2. The molecule has 0 amide bonds. The summed E-state index contributed by atoms with van der Waals surface area (Å²) in [4.78, 5) is 2.41. The van der Waals surface area contributed by atoms with E-state index in [2.05, 4.69) is 4.90 Å². The fourth-order valence-corrected chi connectivity index (χ4v) is 2.67. The molecule has 4 heteroatoms. The second-order valence-electron chi connectivity index (χ2n) is 5.73. The van der Waals surface area contributed by atoms with E-state index in [1.807, 2.05) is 13.0 Å². The Labute approximate surface area is 120 Å². The molecule has 1 atom stereocenters. The third-order valence-electron chi connectivity index (χ3n) is 3.61. The number of rotatable bonds is 6. The summed E-state index contributed by atoms with van der Waals surface area (Å²) in [5.41, 5.74) is 6.65. The number of piperidine rings is 1. The summed E-state index contributed by atoms with van der Waals surface area (Å²) in [6.07, 6.45) is 4.55. The Morgan fingerprint density at radius 3 is 2.70 bits per heavy atom. The van der Waals surface area contributed by atoms with Crippen molar-refractivity contribution < 1.29 is 9.13 Å². The van der Waals surface area contributed by atoms with Crippen LogP contribution in [0.1, 0.15) is 31.7 Å². The van der Waals surface area contributed by atoms with Crippen LogP contribution < -0.4 is 10.5 Å². The van der Waals surface area contributed by atoms with E-state index in [-0.39, 0.29) is 11.9 Å². The SMILES string of the molecule is CC(N)Cc1cc(F)cc(OCCN2CCCCC2)c1. The van der Waals surface area contributed by atoms with E-state index in [9.17, 15) is 4.39 Å². The molecule has 1 aliphatic rings. The predicted octanol–water partition coefficient (Wildman–Crippen LogP) is 2.58. The first-order chi connectivity index (χ1) is 9.63. The largest absolute Gasteiger partial charge is 0.492 e. The first-order valence-electron chi connectivity index (χ1n) is 7.54. The van der Waals surface area contributed by atoms with Crippen LogP contribution in [0.2, 0.25) is 0 Å². The monoisotopic (exact) mass is 280 g/mol.